The molecule has 4 rings (SSSR count). The van der Waals surface area contributed by atoms with E-state index in [1.165, 1.54) is 7.11 Å². The van der Waals surface area contributed by atoms with Crippen LogP contribution < -0.4 is 30.0 Å². The number of carbonyl (C=O) groups is 2. The molecule has 3 N–H and O–H groups in total. The number of aliphatic imine (C=N–C) groups is 1. The number of benzene rings is 4. The quantitative estimate of drug-likeness (QED) is 0.121. The van der Waals surface area contributed by atoms with Crippen molar-refractivity contribution in [2.45, 2.75) is 19.8 Å². The highest BCUT2D eigenvalue weighted by Crippen LogP contribution is 2.29. The van der Waals surface area contributed by atoms with E-state index in [0.717, 1.165) is 28.0 Å². The minimum absolute atomic E-state index is 0.0200. The zero-order valence-electron chi connectivity index (χ0n) is 26.4. The molecule has 0 unspecified atom stereocenters. The summed E-state index contributed by atoms with van der Waals surface area (Å²) in [4.78, 5) is 28.1. The Morgan fingerprint density at radius 3 is 1.87 bits per heavy atom. The van der Waals surface area contributed by atoms with Gasteiger partial charge in [-0.25, -0.2) is 9.59 Å². The number of hydrogen-bond acceptors (Lipinski definition) is 8. The molecule has 244 valence electrons. The van der Waals surface area contributed by atoms with Crippen molar-refractivity contribution in [2.24, 2.45) is 10.7 Å². The van der Waals surface area contributed by atoms with Gasteiger partial charge in [0.25, 0.3) is 0 Å². The molecule has 0 fully saturated rings. The lowest BCUT2D eigenvalue weighted by Gasteiger charge is -2.12. The molecule has 11 heteroatoms. The molecule has 0 aliphatic carbocycles. The normalized spacial score (nSPS) is 11.1. The van der Waals surface area contributed by atoms with Crippen LogP contribution in [0.2, 0.25) is 0 Å². The molecule has 0 aromatic heterocycles. The first kappa shape index (κ1) is 33.9. The fourth-order valence-corrected chi connectivity index (χ4v) is 4.16. The number of carbonyl (C=O) groups excluding carboxylic acids is 2. The van der Waals surface area contributed by atoms with E-state index in [1.807, 2.05) is 60.7 Å². The summed E-state index contributed by atoms with van der Waals surface area (Å²) in [7, 11) is 4.71. The third kappa shape index (κ3) is 10.9. The van der Waals surface area contributed by atoms with Crippen LogP contribution >= 0.6 is 0 Å². The van der Waals surface area contributed by atoms with Gasteiger partial charge in [0, 0.05) is 12.1 Å². The average Bonchev–Trinajstić information content (AvgIpc) is 3.11. The number of amidine groups is 1. The first-order valence-electron chi connectivity index (χ1n) is 14.6. The molecule has 11 nitrogen and oxygen atoms in total. The van der Waals surface area contributed by atoms with E-state index in [1.54, 1.807) is 56.7 Å². The van der Waals surface area contributed by atoms with Crippen LogP contribution in [0, 0.1) is 0 Å². The lowest BCUT2D eigenvalue weighted by atomic mass is 10.1. The Labute approximate surface area is 273 Å². The van der Waals surface area contributed by atoms with Crippen molar-refractivity contribution >= 4 is 24.1 Å². The van der Waals surface area contributed by atoms with Crippen molar-refractivity contribution in [3.63, 3.8) is 0 Å². The van der Waals surface area contributed by atoms with Crippen molar-refractivity contribution < 1.29 is 38.0 Å². The highest BCUT2D eigenvalue weighted by Gasteiger charge is 2.11. The average molecular weight is 640 g/mol. The van der Waals surface area contributed by atoms with E-state index in [0.29, 0.717) is 29.4 Å². The Hall–Kier alpha value is -5.97. The van der Waals surface area contributed by atoms with Gasteiger partial charge in [-0.3, -0.25) is 0 Å². The van der Waals surface area contributed by atoms with Gasteiger partial charge >= 0.3 is 12.2 Å². The van der Waals surface area contributed by atoms with Gasteiger partial charge in [-0.1, -0.05) is 60.7 Å². The zero-order valence-corrected chi connectivity index (χ0v) is 26.4. The van der Waals surface area contributed by atoms with Gasteiger partial charge in [-0.15, -0.1) is 0 Å². The Kier molecular flexibility index (Phi) is 12.6. The third-order valence-corrected chi connectivity index (χ3v) is 6.77. The number of nitrogens with zero attached hydrogens (tertiary/aromatic N) is 1. The van der Waals surface area contributed by atoms with Crippen LogP contribution in [0.25, 0.3) is 6.08 Å². The van der Waals surface area contributed by atoms with Gasteiger partial charge in [-0.2, -0.15) is 4.99 Å². The number of rotatable bonds is 14. The molecule has 4 aromatic rings. The maximum Gasteiger partial charge on any atom is 0.435 e. The van der Waals surface area contributed by atoms with Crippen LogP contribution in [0.5, 0.6) is 23.0 Å². The first-order chi connectivity index (χ1) is 22.9. The lowest BCUT2D eigenvalue weighted by Crippen LogP contribution is -2.24. The maximum absolute atomic E-state index is 12.3. The molecule has 0 heterocycles. The summed E-state index contributed by atoms with van der Waals surface area (Å²) in [6.45, 7) is 0.783. The summed E-state index contributed by atoms with van der Waals surface area (Å²) in [5, 5.41) is 2.69. The molecule has 0 aliphatic rings. The van der Waals surface area contributed by atoms with Crippen LogP contribution in [0.1, 0.15) is 27.8 Å². The van der Waals surface area contributed by atoms with Crippen LogP contribution in [-0.4, -0.2) is 45.9 Å². The molecule has 0 saturated heterocycles. The molecule has 0 radical (unpaired) electrons. The molecule has 0 saturated carbocycles. The molecule has 4 aromatic carbocycles. The predicted molar refractivity (Wildman–Crippen MR) is 178 cm³/mol. The third-order valence-electron chi connectivity index (χ3n) is 6.77. The van der Waals surface area contributed by atoms with Crippen molar-refractivity contribution in [1.82, 2.24) is 5.32 Å². The van der Waals surface area contributed by atoms with Crippen molar-refractivity contribution in [1.29, 1.82) is 0 Å². The van der Waals surface area contributed by atoms with Gasteiger partial charge in [0.15, 0.2) is 11.5 Å². The summed E-state index contributed by atoms with van der Waals surface area (Å²) in [6, 6.07) is 27.2. The summed E-state index contributed by atoms with van der Waals surface area (Å²) < 4.78 is 32.2. The smallest absolute Gasteiger partial charge is 0.435 e. The van der Waals surface area contributed by atoms with Crippen LogP contribution in [0.4, 0.5) is 9.59 Å². The molecule has 0 aliphatic heterocycles. The van der Waals surface area contributed by atoms with Crippen molar-refractivity contribution in [3.8, 4) is 23.0 Å². The fraction of sp³-hybridized carbons (Fsp3) is 0.194. The largest absolute Gasteiger partial charge is 0.497 e. The molecule has 0 bridgehead atoms. The number of hydrogen-bond donors (Lipinski definition) is 2. The Bertz CT molecular complexity index is 1670. The monoisotopic (exact) mass is 639 g/mol. The molecular formula is C36H37N3O8. The first-order valence-corrected chi connectivity index (χ1v) is 14.6. The zero-order chi connectivity index (χ0) is 33.4. The Morgan fingerprint density at radius 1 is 0.702 bits per heavy atom. The van der Waals surface area contributed by atoms with Gasteiger partial charge in [-0.05, 0) is 64.7 Å². The number of alkyl carbamates (subject to hydrolysis) is 1. The number of nitrogens with one attached hydrogen (secondary N) is 1. The van der Waals surface area contributed by atoms with E-state index in [2.05, 4.69) is 10.3 Å². The highest BCUT2D eigenvalue weighted by atomic mass is 16.6. The van der Waals surface area contributed by atoms with Gasteiger partial charge in [0.05, 0.1) is 21.3 Å². The van der Waals surface area contributed by atoms with E-state index in [-0.39, 0.29) is 25.7 Å². The topological polar surface area (TPSA) is 140 Å². The molecular weight excluding hydrogens is 602 g/mol. The molecule has 2 amide bonds. The fourth-order valence-electron chi connectivity index (χ4n) is 4.16. The second-order valence-corrected chi connectivity index (χ2v) is 10.0. The van der Waals surface area contributed by atoms with E-state index >= 15 is 0 Å². The number of amides is 2. The maximum atomic E-state index is 12.3. The van der Waals surface area contributed by atoms with E-state index in [4.69, 9.17) is 34.2 Å². The predicted octanol–water partition coefficient (Wildman–Crippen LogP) is 6.27. The standard InChI is InChI=1S/C36H37N3O8/c1-42-30-15-10-27(11-16-30)23-46-35(40)38-20-4-5-25-6-8-26(9-7-25)22-45-33-21-29(14-19-32(33)44-3)34(37)39-36(41)47-24-28-12-17-31(43-2)18-13-28/h4-19,21H,20,22-24H2,1-3H3,(H,38,40)(H2,37,39,41). The number of methoxy groups -OCH3 is 3. The van der Waals surface area contributed by atoms with Gasteiger partial charge in [0.1, 0.15) is 37.2 Å². The summed E-state index contributed by atoms with van der Waals surface area (Å²) in [6.07, 6.45) is 2.41. The minimum Gasteiger partial charge on any atom is -0.497 e. The molecule has 0 spiro atoms. The summed E-state index contributed by atoms with van der Waals surface area (Å²) in [5.41, 5.74) is 10.1. The second-order valence-electron chi connectivity index (χ2n) is 10.0. The lowest BCUT2D eigenvalue weighted by molar-refractivity contribution is 0.140. The Morgan fingerprint density at radius 2 is 1.28 bits per heavy atom. The summed E-state index contributed by atoms with van der Waals surface area (Å²) in [5.74, 6) is 2.36. The summed E-state index contributed by atoms with van der Waals surface area (Å²) >= 11 is 0. The number of ether oxygens (including phenoxy) is 6. The van der Waals surface area contributed by atoms with Crippen molar-refractivity contribution in [3.05, 3.63) is 125 Å². The highest BCUT2D eigenvalue weighted by molar-refractivity contribution is 6.03. The van der Waals surface area contributed by atoms with Crippen LogP contribution in [-0.2, 0) is 29.3 Å². The van der Waals surface area contributed by atoms with E-state index in [9.17, 15) is 9.59 Å². The van der Waals surface area contributed by atoms with Gasteiger partial charge < -0.3 is 39.5 Å². The number of nitrogens with two attached hydrogens (primary N) is 1. The van der Waals surface area contributed by atoms with Crippen LogP contribution in [0.3, 0.4) is 0 Å². The molecule has 0 atom stereocenters. The Balaban J connectivity index is 1.24. The SMILES string of the molecule is COc1ccc(COC(=O)N=C(N)c2ccc(OC)c(OCc3ccc(C=CCNC(=O)OCc4ccc(OC)cc4)cc3)c2)cc1. The van der Waals surface area contributed by atoms with Crippen LogP contribution in [0.15, 0.2) is 102 Å². The minimum atomic E-state index is -0.814. The van der Waals surface area contributed by atoms with Gasteiger partial charge in [0.2, 0.25) is 0 Å². The second kappa shape index (κ2) is 17.5. The van der Waals surface area contributed by atoms with Crippen molar-refractivity contribution in [2.75, 3.05) is 27.9 Å². The van der Waals surface area contributed by atoms with E-state index < -0.39 is 12.2 Å². The molecule has 47 heavy (non-hydrogen) atoms.